The first-order chi connectivity index (χ1) is 11.8. The quantitative estimate of drug-likeness (QED) is 0.388. The molecule has 1 N–H and O–H groups in total. The van der Waals surface area contributed by atoms with Crippen molar-refractivity contribution in [3.05, 3.63) is 41.8 Å². The lowest BCUT2D eigenvalue weighted by atomic mass is 10.2. The van der Waals surface area contributed by atoms with Crippen LogP contribution in [-0.4, -0.2) is 28.2 Å². The Labute approximate surface area is 149 Å². The number of carbonyl (C=O) groups excluding carboxylic acids is 1. The van der Waals surface area contributed by atoms with Crippen molar-refractivity contribution in [2.24, 2.45) is 0 Å². The highest BCUT2D eigenvalue weighted by Crippen LogP contribution is 2.29. The van der Waals surface area contributed by atoms with E-state index in [0.29, 0.717) is 5.75 Å². The average Bonchev–Trinajstić information content (AvgIpc) is 3.14. The van der Waals surface area contributed by atoms with Gasteiger partial charge in [0.2, 0.25) is 5.91 Å². The second-order valence-electron chi connectivity index (χ2n) is 5.34. The topological polar surface area (TPSA) is 54.9 Å². The van der Waals surface area contributed by atoms with Gasteiger partial charge in [0, 0.05) is 11.9 Å². The van der Waals surface area contributed by atoms with Gasteiger partial charge in [-0.1, -0.05) is 49.4 Å². The van der Waals surface area contributed by atoms with Crippen molar-refractivity contribution < 1.29 is 4.79 Å². The van der Waals surface area contributed by atoms with Gasteiger partial charge in [-0.25, -0.2) is 9.97 Å². The summed E-state index contributed by atoms with van der Waals surface area (Å²) in [5.41, 5.74) is 0.907. The summed E-state index contributed by atoms with van der Waals surface area (Å²) in [7, 11) is 0. The molecular formula is C18H19N3OS2. The Balaban J connectivity index is 1.82. The molecule has 0 unspecified atom stereocenters. The van der Waals surface area contributed by atoms with Gasteiger partial charge in [-0.2, -0.15) is 0 Å². The Kier molecular flexibility index (Phi) is 5.82. The second kappa shape index (κ2) is 8.26. The fraction of sp³-hybridized carbons (Fsp3) is 0.278. The van der Waals surface area contributed by atoms with E-state index in [2.05, 4.69) is 17.2 Å². The number of benzene rings is 1. The van der Waals surface area contributed by atoms with Gasteiger partial charge < -0.3 is 5.32 Å². The van der Waals surface area contributed by atoms with E-state index < -0.39 is 0 Å². The molecule has 1 amide bonds. The maximum absolute atomic E-state index is 12.0. The summed E-state index contributed by atoms with van der Waals surface area (Å²) in [5.74, 6) is 1.14. The zero-order chi connectivity index (χ0) is 16.8. The van der Waals surface area contributed by atoms with Crippen LogP contribution in [0.1, 0.15) is 19.8 Å². The summed E-state index contributed by atoms with van der Waals surface area (Å²) < 4.78 is 0. The van der Waals surface area contributed by atoms with Crippen molar-refractivity contribution in [3.8, 4) is 10.7 Å². The second-order valence-corrected chi connectivity index (χ2v) is 7.25. The molecule has 0 spiro atoms. The van der Waals surface area contributed by atoms with Crippen LogP contribution in [0.25, 0.3) is 21.6 Å². The number of fused-ring (bicyclic) bond motifs is 1. The van der Waals surface area contributed by atoms with Gasteiger partial charge in [0.25, 0.3) is 0 Å². The molecule has 0 fully saturated rings. The Hall–Kier alpha value is -1.92. The molecule has 3 rings (SSSR count). The third kappa shape index (κ3) is 4.13. The molecule has 0 saturated heterocycles. The van der Waals surface area contributed by atoms with E-state index in [4.69, 9.17) is 4.98 Å². The lowest BCUT2D eigenvalue weighted by Gasteiger charge is -2.08. The number of amides is 1. The van der Waals surface area contributed by atoms with Crippen molar-refractivity contribution in [1.29, 1.82) is 0 Å². The zero-order valence-electron chi connectivity index (χ0n) is 13.5. The summed E-state index contributed by atoms with van der Waals surface area (Å²) >= 11 is 3.09. The normalized spacial score (nSPS) is 10.9. The van der Waals surface area contributed by atoms with Crippen molar-refractivity contribution in [2.45, 2.75) is 24.8 Å². The number of hydrogen-bond acceptors (Lipinski definition) is 5. The molecule has 0 aliphatic carbocycles. The van der Waals surface area contributed by atoms with Crippen LogP contribution in [0.4, 0.5) is 0 Å². The first-order valence-electron chi connectivity index (χ1n) is 7.98. The molecule has 124 valence electrons. The number of hydrogen-bond donors (Lipinski definition) is 1. The van der Waals surface area contributed by atoms with E-state index in [1.54, 1.807) is 11.3 Å². The van der Waals surface area contributed by atoms with E-state index in [1.165, 1.54) is 11.8 Å². The van der Waals surface area contributed by atoms with Gasteiger partial charge in [-0.15, -0.1) is 11.3 Å². The summed E-state index contributed by atoms with van der Waals surface area (Å²) in [4.78, 5) is 22.4. The number of thioether (sulfide) groups is 1. The van der Waals surface area contributed by atoms with E-state index in [9.17, 15) is 4.79 Å². The van der Waals surface area contributed by atoms with Crippen molar-refractivity contribution in [3.63, 3.8) is 0 Å². The molecule has 0 radical (unpaired) electrons. The van der Waals surface area contributed by atoms with E-state index in [1.807, 2.05) is 41.8 Å². The number of aromatic nitrogens is 2. The lowest BCUT2D eigenvalue weighted by Crippen LogP contribution is -2.26. The molecule has 1 aromatic carbocycles. The minimum atomic E-state index is 0.0498. The molecule has 2 heterocycles. The van der Waals surface area contributed by atoms with Crippen LogP contribution in [0.5, 0.6) is 0 Å². The highest BCUT2D eigenvalue weighted by atomic mass is 32.2. The molecule has 0 bridgehead atoms. The van der Waals surface area contributed by atoms with Crippen LogP contribution in [0.2, 0.25) is 0 Å². The van der Waals surface area contributed by atoms with Gasteiger partial charge >= 0.3 is 0 Å². The Morgan fingerprint density at radius 3 is 2.88 bits per heavy atom. The predicted octanol–water partition coefficient (Wildman–Crippen LogP) is 4.37. The Morgan fingerprint density at radius 2 is 2.08 bits per heavy atom. The third-order valence-corrected chi connectivity index (χ3v) is 5.36. The van der Waals surface area contributed by atoms with Crippen LogP contribution >= 0.6 is 23.1 Å². The number of nitrogens with one attached hydrogen (secondary N) is 1. The van der Waals surface area contributed by atoms with Crippen LogP contribution in [-0.2, 0) is 4.79 Å². The van der Waals surface area contributed by atoms with Gasteiger partial charge in [0.1, 0.15) is 5.03 Å². The highest BCUT2D eigenvalue weighted by molar-refractivity contribution is 8.00. The molecule has 0 aliphatic heterocycles. The number of nitrogens with zero attached hydrogens (tertiary/aromatic N) is 2. The molecule has 24 heavy (non-hydrogen) atoms. The van der Waals surface area contributed by atoms with Crippen molar-refractivity contribution >= 4 is 39.9 Å². The molecule has 0 aliphatic rings. The standard InChI is InChI=1S/C18H19N3OS2/c1-2-3-10-19-16(22)12-24-18-13-7-4-5-8-14(13)20-17(21-18)15-9-6-11-23-15/h4-9,11H,2-3,10,12H2,1H3,(H,19,22). The fourth-order valence-corrected chi connectivity index (χ4v) is 3.77. The van der Waals surface area contributed by atoms with E-state index in [0.717, 1.165) is 46.0 Å². The molecular weight excluding hydrogens is 338 g/mol. The minimum absolute atomic E-state index is 0.0498. The monoisotopic (exact) mass is 357 g/mol. The molecule has 0 atom stereocenters. The molecule has 0 saturated carbocycles. The van der Waals surface area contributed by atoms with Crippen molar-refractivity contribution in [1.82, 2.24) is 15.3 Å². The van der Waals surface area contributed by atoms with E-state index in [-0.39, 0.29) is 5.91 Å². The van der Waals surface area contributed by atoms with Gasteiger partial charge in [0.05, 0.1) is 16.1 Å². The van der Waals surface area contributed by atoms with E-state index >= 15 is 0 Å². The van der Waals surface area contributed by atoms with Crippen LogP contribution in [0, 0.1) is 0 Å². The smallest absolute Gasteiger partial charge is 0.230 e. The predicted molar refractivity (Wildman–Crippen MR) is 101 cm³/mol. The average molecular weight is 358 g/mol. The van der Waals surface area contributed by atoms with Gasteiger partial charge in [0.15, 0.2) is 5.82 Å². The van der Waals surface area contributed by atoms with Gasteiger partial charge in [-0.05, 0) is 23.9 Å². The number of carbonyl (C=O) groups is 1. The molecule has 3 aromatic rings. The molecule has 6 heteroatoms. The summed E-state index contributed by atoms with van der Waals surface area (Å²) in [6, 6.07) is 11.9. The number of para-hydroxylation sites is 1. The van der Waals surface area contributed by atoms with Crippen molar-refractivity contribution in [2.75, 3.05) is 12.3 Å². The van der Waals surface area contributed by atoms with Crippen LogP contribution in [0.3, 0.4) is 0 Å². The number of unbranched alkanes of at least 4 members (excludes halogenated alkanes) is 1. The summed E-state index contributed by atoms with van der Waals surface area (Å²) in [5, 5.41) is 6.80. The Bertz CT molecular complexity index is 818. The largest absolute Gasteiger partial charge is 0.355 e. The van der Waals surface area contributed by atoms with Crippen LogP contribution < -0.4 is 5.32 Å². The first kappa shape index (κ1) is 16.9. The number of rotatable bonds is 7. The minimum Gasteiger partial charge on any atom is -0.355 e. The zero-order valence-corrected chi connectivity index (χ0v) is 15.1. The molecule has 2 aromatic heterocycles. The summed E-state index contributed by atoms with van der Waals surface area (Å²) in [6.07, 6.45) is 2.09. The fourth-order valence-electron chi connectivity index (χ4n) is 2.26. The third-order valence-electron chi connectivity index (χ3n) is 3.50. The SMILES string of the molecule is CCCCNC(=O)CSc1nc(-c2cccs2)nc2ccccc12. The highest BCUT2D eigenvalue weighted by Gasteiger charge is 2.12. The maximum atomic E-state index is 12.0. The molecule has 4 nitrogen and oxygen atoms in total. The Morgan fingerprint density at radius 1 is 1.21 bits per heavy atom. The maximum Gasteiger partial charge on any atom is 0.230 e. The first-order valence-corrected chi connectivity index (χ1v) is 9.84. The summed E-state index contributed by atoms with van der Waals surface area (Å²) in [6.45, 7) is 2.85. The number of thiophene rings is 1. The lowest BCUT2D eigenvalue weighted by molar-refractivity contribution is -0.118. The van der Waals surface area contributed by atoms with Crippen LogP contribution in [0.15, 0.2) is 46.8 Å². The van der Waals surface area contributed by atoms with Gasteiger partial charge in [-0.3, -0.25) is 4.79 Å².